The smallest absolute Gasteiger partial charge is 0.260 e. The lowest BCUT2D eigenvalue weighted by Gasteiger charge is -2.11. The fourth-order valence-electron chi connectivity index (χ4n) is 2.42. The highest BCUT2D eigenvalue weighted by Gasteiger charge is 2.33. The van der Waals surface area contributed by atoms with Crippen LogP contribution >= 0.6 is 0 Å². The van der Waals surface area contributed by atoms with E-state index in [0.29, 0.717) is 5.65 Å². The Balaban J connectivity index is 1.99. The van der Waals surface area contributed by atoms with Crippen LogP contribution in [0.3, 0.4) is 0 Å². The molecule has 1 saturated heterocycles. The van der Waals surface area contributed by atoms with Gasteiger partial charge in [0.25, 0.3) is 10.0 Å². The summed E-state index contributed by atoms with van der Waals surface area (Å²) < 4.78 is 51.5. The molecule has 0 aromatic carbocycles. The Morgan fingerprint density at radius 2 is 2.14 bits per heavy atom. The Morgan fingerprint density at radius 3 is 2.81 bits per heavy atom. The summed E-state index contributed by atoms with van der Waals surface area (Å²) in [6.45, 7) is 0. The number of nitrogens with one attached hydrogen (secondary N) is 1. The SMILES string of the molecule is Nc1nc2ccccn2c1S(=O)(=O)NC1CCS(=O)(=O)C1. The number of imidazole rings is 1. The molecule has 1 atom stereocenters. The molecular weight excluding hydrogens is 316 g/mol. The van der Waals surface area contributed by atoms with E-state index in [-0.39, 0.29) is 28.8 Å². The third-order valence-corrected chi connectivity index (χ3v) is 6.65. The van der Waals surface area contributed by atoms with Crippen molar-refractivity contribution < 1.29 is 16.8 Å². The van der Waals surface area contributed by atoms with E-state index in [9.17, 15) is 16.8 Å². The van der Waals surface area contributed by atoms with Gasteiger partial charge in [0, 0.05) is 12.2 Å². The minimum absolute atomic E-state index is 0.0111. The van der Waals surface area contributed by atoms with Crippen molar-refractivity contribution in [1.29, 1.82) is 0 Å². The van der Waals surface area contributed by atoms with Gasteiger partial charge in [0.2, 0.25) is 0 Å². The molecule has 8 nitrogen and oxygen atoms in total. The molecule has 0 aliphatic carbocycles. The Bertz CT molecular complexity index is 901. The highest BCUT2D eigenvalue weighted by atomic mass is 32.2. The molecule has 1 fully saturated rings. The highest BCUT2D eigenvalue weighted by Crippen LogP contribution is 2.21. The maximum absolute atomic E-state index is 12.4. The van der Waals surface area contributed by atoms with Gasteiger partial charge in [-0.05, 0) is 18.6 Å². The molecule has 0 bridgehead atoms. The van der Waals surface area contributed by atoms with Gasteiger partial charge >= 0.3 is 0 Å². The third-order valence-electron chi connectivity index (χ3n) is 3.32. The molecule has 1 aliphatic heterocycles. The summed E-state index contributed by atoms with van der Waals surface area (Å²) in [7, 11) is -7.12. The molecule has 1 unspecified atom stereocenters. The van der Waals surface area contributed by atoms with Gasteiger partial charge in [-0.25, -0.2) is 26.5 Å². The van der Waals surface area contributed by atoms with E-state index in [0.717, 1.165) is 0 Å². The number of anilines is 1. The number of pyridine rings is 1. The first-order valence-corrected chi connectivity index (χ1v) is 9.54. The third kappa shape index (κ3) is 2.61. The summed E-state index contributed by atoms with van der Waals surface area (Å²) in [6.07, 6.45) is 1.80. The molecule has 0 amide bonds. The van der Waals surface area contributed by atoms with E-state index in [4.69, 9.17) is 5.73 Å². The molecule has 3 N–H and O–H groups in total. The Labute approximate surface area is 121 Å². The molecule has 21 heavy (non-hydrogen) atoms. The normalized spacial score (nSPS) is 21.8. The average molecular weight is 330 g/mol. The van der Waals surface area contributed by atoms with Gasteiger partial charge in [-0.3, -0.25) is 4.40 Å². The van der Waals surface area contributed by atoms with Crippen molar-refractivity contribution >= 4 is 31.3 Å². The van der Waals surface area contributed by atoms with Crippen LogP contribution in [0.5, 0.6) is 0 Å². The lowest BCUT2D eigenvalue weighted by atomic mass is 10.3. The van der Waals surface area contributed by atoms with Crippen LogP contribution in [0.1, 0.15) is 6.42 Å². The summed E-state index contributed by atoms with van der Waals surface area (Å²) in [5.74, 6) is -0.319. The molecular formula is C11H14N4O4S2. The Kier molecular flexibility index (Phi) is 3.19. The standard InChI is InChI=1S/C11H14N4O4S2/c12-10-11(15-5-2-1-3-9(15)13-10)21(18,19)14-8-4-6-20(16,17)7-8/h1-3,5,8,14H,4,6-7,12H2. The van der Waals surface area contributed by atoms with Crippen molar-refractivity contribution in [3.05, 3.63) is 24.4 Å². The molecule has 114 valence electrons. The molecule has 3 rings (SSSR count). The van der Waals surface area contributed by atoms with Crippen molar-refractivity contribution in [2.45, 2.75) is 17.5 Å². The van der Waals surface area contributed by atoms with Crippen molar-refractivity contribution in [1.82, 2.24) is 14.1 Å². The lowest BCUT2D eigenvalue weighted by Crippen LogP contribution is -2.36. The zero-order valence-electron chi connectivity index (χ0n) is 10.9. The van der Waals surface area contributed by atoms with Crippen LogP contribution in [0, 0.1) is 0 Å². The molecule has 0 saturated carbocycles. The number of nitrogens with zero attached hydrogens (tertiary/aromatic N) is 2. The first-order chi connectivity index (χ1) is 9.78. The number of sulfonamides is 1. The maximum atomic E-state index is 12.4. The Morgan fingerprint density at radius 1 is 1.38 bits per heavy atom. The summed E-state index contributed by atoms with van der Waals surface area (Å²) in [5, 5.41) is -0.164. The number of sulfone groups is 1. The monoisotopic (exact) mass is 330 g/mol. The van der Waals surface area contributed by atoms with Crippen molar-refractivity contribution in [3.8, 4) is 0 Å². The number of hydrogen-bond donors (Lipinski definition) is 2. The second-order valence-electron chi connectivity index (χ2n) is 4.95. The number of nitrogen functional groups attached to an aromatic ring is 1. The molecule has 2 aromatic rings. The number of aromatic nitrogens is 2. The summed E-state index contributed by atoms with van der Waals surface area (Å²) in [4.78, 5) is 3.99. The van der Waals surface area contributed by atoms with Crippen LogP contribution < -0.4 is 10.5 Å². The fourth-order valence-corrected chi connectivity index (χ4v) is 5.69. The second-order valence-corrected chi connectivity index (χ2v) is 8.81. The zero-order chi connectivity index (χ0) is 15.3. The summed E-state index contributed by atoms with van der Waals surface area (Å²) >= 11 is 0. The van der Waals surface area contributed by atoms with Gasteiger partial charge in [0.05, 0.1) is 11.5 Å². The van der Waals surface area contributed by atoms with Gasteiger partial charge in [-0.15, -0.1) is 0 Å². The van der Waals surface area contributed by atoms with Gasteiger partial charge in [-0.1, -0.05) is 6.07 Å². The topological polar surface area (TPSA) is 124 Å². The average Bonchev–Trinajstić information content (AvgIpc) is 2.87. The van der Waals surface area contributed by atoms with Gasteiger partial charge < -0.3 is 5.73 Å². The molecule has 10 heteroatoms. The van der Waals surface area contributed by atoms with Gasteiger partial charge in [0.15, 0.2) is 20.7 Å². The largest absolute Gasteiger partial charge is 0.381 e. The minimum Gasteiger partial charge on any atom is -0.381 e. The summed E-state index contributed by atoms with van der Waals surface area (Å²) in [6, 6.07) is 4.38. The molecule has 2 aromatic heterocycles. The molecule has 1 aliphatic rings. The van der Waals surface area contributed by atoms with E-state index < -0.39 is 25.9 Å². The fraction of sp³-hybridized carbons (Fsp3) is 0.364. The zero-order valence-corrected chi connectivity index (χ0v) is 12.6. The van der Waals surface area contributed by atoms with Crippen molar-refractivity contribution in [2.24, 2.45) is 0 Å². The van der Waals surface area contributed by atoms with E-state index in [1.807, 2.05) is 0 Å². The first kappa shape index (κ1) is 14.3. The van der Waals surface area contributed by atoms with Gasteiger partial charge in [0.1, 0.15) is 5.65 Å². The predicted molar refractivity (Wildman–Crippen MR) is 77.0 cm³/mol. The number of hydrogen-bond acceptors (Lipinski definition) is 6. The minimum atomic E-state index is -3.95. The van der Waals surface area contributed by atoms with E-state index in [1.54, 1.807) is 24.4 Å². The lowest BCUT2D eigenvalue weighted by molar-refractivity contribution is 0.558. The Hall–Kier alpha value is -1.65. The van der Waals surface area contributed by atoms with Crippen LogP contribution in [-0.2, 0) is 19.9 Å². The molecule has 0 spiro atoms. The van der Waals surface area contributed by atoms with Crippen LogP contribution in [0.2, 0.25) is 0 Å². The van der Waals surface area contributed by atoms with Crippen LogP contribution in [0.4, 0.5) is 5.82 Å². The van der Waals surface area contributed by atoms with E-state index in [2.05, 4.69) is 9.71 Å². The van der Waals surface area contributed by atoms with Crippen molar-refractivity contribution in [3.63, 3.8) is 0 Å². The number of rotatable bonds is 3. The van der Waals surface area contributed by atoms with E-state index in [1.165, 1.54) is 4.40 Å². The van der Waals surface area contributed by atoms with E-state index >= 15 is 0 Å². The quantitative estimate of drug-likeness (QED) is 0.773. The molecule has 3 heterocycles. The van der Waals surface area contributed by atoms with Crippen LogP contribution in [0.25, 0.3) is 5.65 Å². The predicted octanol–water partition coefficient (Wildman–Crippen LogP) is -0.618. The second kappa shape index (κ2) is 4.68. The molecule has 0 radical (unpaired) electrons. The number of nitrogens with two attached hydrogens (primary N) is 1. The van der Waals surface area contributed by atoms with Crippen molar-refractivity contribution in [2.75, 3.05) is 17.2 Å². The van der Waals surface area contributed by atoms with Crippen LogP contribution in [-0.4, -0.2) is 43.8 Å². The highest BCUT2D eigenvalue weighted by molar-refractivity contribution is 7.92. The first-order valence-electron chi connectivity index (χ1n) is 6.24. The van der Waals surface area contributed by atoms with Gasteiger partial charge in [-0.2, -0.15) is 0 Å². The number of fused-ring (bicyclic) bond motifs is 1. The summed E-state index contributed by atoms with van der Waals surface area (Å²) in [5.41, 5.74) is 6.11. The van der Waals surface area contributed by atoms with Crippen LogP contribution in [0.15, 0.2) is 29.4 Å². The maximum Gasteiger partial charge on any atom is 0.260 e.